The molecule has 1 aromatic heterocycles. The highest BCUT2D eigenvalue weighted by molar-refractivity contribution is 6.29. The molecule has 1 fully saturated rings. The monoisotopic (exact) mass is 309 g/mol. The SMILES string of the molecule is COCCC1(CNc2cc(Cl)nc(C(F)(F)F)n2)CC1. The third-order valence-electron chi connectivity index (χ3n) is 3.39. The van der Waals surface area contributed by atoms with Gasteiger partial charge in [0.15, 0.2) is 0 Å². The normalized spacial score (nSPS) is 17.1. The third kappa shape index (κ3) is 3.96. The van der Waals surface area contributed by atoms with Crippen LogP contribution in [0.5, 0.6) is 0 Å². The van der Waals surface area contributed by atoms with Crippen molar-refractivity contribution in [3.05, 3.63) is 17.0 Å². The second-order valence-corrected chi connectivity index (χ2v) is 5.38. The molecule has 0 bridgehead atoms. The zero-order valence-electron chi connectivity index (χ0n) is 10.9. The van der Waals surface area contributed by atoms with Crippen LogP contribution in [0.3, 0.4) is 0 Å². The van der Waals surface area contributed by atoms with Crippen molar-refractivity contribution < 1.29 is 17.9 Å². The summed E-state index contributed by atoms with van der Waals surface area (Å²) in [4.78, 5) is 6.64. The maximum Gasteiger partial charge on any atom is 0.451 e. The van der Waals surface area contributed by atoms with Crippen molar-refractivity contribution in [2.24, 2.45) is 5.41 Å². The largest absolute Gasteiger partial charge is 0.451 e. The van der Waals surface area contributed by atoms with Crippen LogP contribution in [0.1, 0.15) is 25.1 Å². The van der Waals surface area contributed by atoms with Crippen molar-refractivity contribution >= 4 is 17.4 Å². The van der Waals surface area contributed by atoms with Gasteiger partial charge in [0.25, 0.3) is 0 Å². The van der Waals surface area contributed by atoms with E-state index < -0.39 is 12.0 Å². The highest BCUT2D eigenvalue weighted by atomic mass is 35.5. The highest BCUT2D eigenvalue weighted by Crippen LogP contribution is 2.48. The Kier molecular flexibility index (Phi) is 4.39. The van der Waals surface area contributed by atoms with Crippen LogP contribution in [0.15, 0.2) is 6.07 Å². The lowest BCUT2D eigenvalue weighted by Crippen LogP contribution is -2.19. The molecule has 4 nitrogen and oxygen atoms in total. The van der Waals surface area contributed by atoms with Gasteiger partial charge >= 0.3 is 6.18 Å². The van der Waals surface area contributed by atoms with Crippen LogP contribution in [-0.2, 0) is 10.9 Å². The zero-order valence-corrected chi connectivity index (χ0v) is 11.7. The van der Waals surface area contributed by atoms with Gasteiger partial charge in [0.2, 0.25) is 5.82 Å². The van der Waals surface area contributed by atoms with E-state index in [-0.39, 0.29) is 16.4 Å². The summed E-state index contributed by atoms with van der Waals surface area (Å²) >= 11 is 5.59. The van der Waals surface area contributed by atoms with Crippen LogP contribution in [0, 0.1) is 5.41 Å². The second kappa shape index (κ2) is 5.73. The van der Waals surface area contributed by atoms with Crippen LogP contribution in [0.2, 0.25) is 5.15 Å². The van der Waals surface area contributed by atoms with Crippen molar-refractivity contribution in [2.45, 2.75) is 25.4 Å². The fraction of sp³-hybridized carbons (Fsp3) is 0.667. The molecule has 2 rings (SSSR count). The molecule has 112 valence electrons. The molecule has 1 aliphatic rings. The first-order valence-electron chi connectivity index (χ1n) is 6.19. The van der Waals surface area contributed by atoms with Crippen molar-refractivity contribution in [3.63, 3.8) is 0 Å². The maximum atomic E-state index is 12.6. The Morgan fingerprint density at radius 3 is 2.65 bits per heavy atom. The number of nitrogens with one attached hydrogen (secondary N) is 1. The number of ether oxygens (including phenoxy) is 1. The Morgan fingerprint density at radius 1 is 1.40 bits per heavy atom. The van der Waals surface area contributed by atoms with E-state index in [0.29, 0.717) is 13.2 Å². The molecule has 0 unspecified atom stereocenters. The summed E-state index contributed by atoms with van der Waals surface area (Å²) in [5, 5.41) is 2.69. The fourth-order valence-electron chi connectivity index (χ4n) is 1.92. The van der Waals surface area contributed by atoms with Gasteiger partial charge in [-0.1, -0.05) is 11.6 Å². The zero-order chi connectivity index (χ0) is 14.8. The van der Waals surface area contributed by atoms with Gasteiger partial charge in [0, 0.05) is 26.3 Å². The van der Waals surface area contributed by atoms with Gasteiger partial charge in [-0.15, -0.1) is 0 Å². The fourth-order valence-corrected chi connectivity index (χ4v) is 2.11. The Hall–Kier alpha value is -1.08. The quantitative estimate of drug-likeness (QED) is 0.818. The highest BCUT2D eigenvalue weighted by Gasteiger charge is 2.42. The molecule has 1 heterocycles. The van der Waals surface area contributed by atoms with Gasteiger partial charge in [-0.3, -0.25) is 0 Å². The summed E-state index contributed by atoms with van der Waals surface area (Å²) in [6.07, 6.45) is -1.65. The van der Waals surface area contributed by atoms with E-state index in [2.05, 4.69) is 15.3 Å². The summed E-state index contributed by atoms with van der Waals surface area (Å²) in [6, 6.07) is 1.29. The average molecular weight is 310 g/mol. The summed E-state index contributed by atoms with van der Waals surface area (Å²) in [6.45, 7) is 1.20. The summed E-state index contributed by atoms with van der Waals surface area (Å²) < 4.78 is 42.7. The van der Waals surface area contributed by atoms with Crippen molar-refractivity contribution in [2.75, 3.05) is 25.6 Å². The number of alkyl halides is 3. The van der Waals surface area contributed by atoms with E-state index in [0.717, 1.165) is 19.3 Å². The second-order valence-electron chi connectivity index (χ2n) is 4.99. The number of halogens is 4. The van der Waals surface area contributed by atoms with Crippen LogP contribution < -0.4 is 5.32 Å². The molecule has 1 aliphatic carbocycles. The lowest BCUT2D eigenvalue weighted by molar-refractivity contribution is -0.144. The first kappa shape index (κ1) is 15.3. The van der Waals surface area contributed by atoms with E-state index in [1.54, 1.807) is 7.11 Å². The Balaban J connectivity index is 2.01. The van der Waals surface area contributed by atoms with E-state index >= 15 is 0 Å². The summed E-state index contributed by atoms with van der Waals surface area (Å²) in [7, 11) is 1.63. The molecular weight excluding hydrogens is 295 g/mol. The number of anilines is 1. The predicted octanol–water partition coefficient (Wildman–Crippen LogP) is 3.38. The van der Waals surface area contributed by atoms with Gasteiger partial charge in [-0.05, 0) is 24.7 Å². The molecular formula is C12H15ClF3N3O. The molecule has 1 saturated carbocycles. The first-order chi connectivity index (χ1) is 9.35. The smallest absolute Gasteiger partial charge is 0.385 e. The molecule has 0 aliphatic heterocycles. The molecule has 8 heteroatoms. The molecule has 0 aromatic carbocycles. The summed E-state index contributed by atoms with van der Waals surface area (Å²) in [5.41, 5.74) is 0.103. The molecule has 20 heavy (non-hydrogen) atoms. The van der Waals surface area contributed by atoms with E-state index in [9.17, 15) is 13.2 Å². The van der Waals surface area contributed by atoms with Crippen LogP contribution >= 0.6 is 11.6 Å². The minimum absolute atomic E-state index is 0.0982. The lowest BCUT2D eigenvalue weighted by Gasteiger charge is -2.16. The first-order valence-corrected chi connectivity index (χ1v) is 6.57. The number of rotatable bonds is 6. The van der Waals surface area contributed by atoms with Gasteiger partial charge in [0.1, 0.15) is 11.0 Å². The molecule has 0 radical (unpaired) electrons. The van der Waals surface area contributed by atoms with Gasteiger partial charge in [-0.25, -0.2) is 9.97 Å². The predicted molar refractivity (Wildman–Crippen MR) is 68.7 cm³/mol. The van der Waals surface area contributed by atoms with Crippen LogP contribution in [0.4, 0.5) is 19.0 Å². The number of hydrogen-bond donors (Lipinski definition) is 1. The minimum Gasteiger partial charge on any atom is -0.385 e. The molecule has 1 N–H and O–H groups in total. The van der Waals surface area contributed by atoms with E-state index in [1.807, 2.05) is 0 Å². The number of methoxy groups -OCH3 is 1. The van der Waals surface area contributed by atoms with E-state index in [1.165, 1.54) is 6.07 Å². The number of nitrogens with zero attached hydrogens (tertiary/aromatic N) is 2. The molecule has 0 saturated heterocycles. The van der Waals surface area contributed by atoms with Crippen molar-refractivity contribution in [1.29, 1.82) is 0 Å². The summed E-state index contributed by atoms with van der Waals surface area (Å²) in [5.74, 6) is -1.13. The molecule has 0 spiro atoms. The van der Waals surface area contributed by atoms with Crippen LogP contribution in [-0.4, -0.2) is 30.2 Å². The van der Waals surface area contributed by atoms with Crippen molar-refractivity contribution in [3.8, 4) is 0 Å². The Labute approximate surface area is 119 Å². The average Bonchev–Trinajstić information content (AvgIpc) is 3.13. The topological polar surface area (TPSA) is 47.0 Å². The van der Waals surface area contributed by atoms with E-state index in [4.69, 9.17) is 16.3 Å². The van der Waals surface area contributed by atoms with Crippen LogP contribution in [0.25, 0.3) is 0 Å². The van der Waals surface area contributed by atoms with Gasteiger partial charge < -0.3 is 10.1 Å². The Morgan fingerprint density at radius 2 is 2.10 bits per heavy atom. The Bertz CT molecular complexity index is 478. The molecule has 0 amide bonds. The standard InChI is InChI=1S/C12H15ClF3N3O/c1-20-5-4-11(2-3-11)7-17-9-6-8(13)18-10(19-9)12(14,15)16/h6H,2-5,7H2,1H3,(H,17,18,19). The number of hydrogen-bond acceptors (Lipinski definition) is 4. The van der Waals surface area contributed by atoms with Crippen molar-refractivity contribution in [1.82, 2.24) is 9.97 Å². The van der Waals surface area contributed by atoms with Gasteiger partial charge in [-0.2, -0.15) is 13.2 Å². The number of aromatic nitrogens is 2. The molecule has 0 atom stereocenters. The molecule has 1 aromatic rings. The van der Waals surface area contributed by atoms with Gasteiger partial charge in [0.05, 0.1) is 0 Å². The minimum atomic E-state index is -4.60. The maximum absolute atomic E-state index is 12.6. The third-order valence-corrected chi connectivity index (χ3v) is 3.58. The lowest BCUT2D eigenvalue weighted by atomic mass is 10.0.